The Morgan fingerprint density at radius 3 is 2.48 bits per heavy atom. The van der Waals surface area contributed by atoms with Crippen molar-refractivity contribution in [3.05, 3.63) is 35.5 Å². The maximum atomic E-state index is 11.8. The monoisotopic (exact) mass is 316 g/mol. The van der Waals surface area contributed by atoms with Crippen molar-refractivity contribution in [3.63, 3.8) is 0 Å². The van der Waals surface area contributed by atoms with Crippen molar-refractivity contribution < 1.29 is 23.9 Å². The van der Waals surface area contributed by atoms with Crippen LogP contribution in [0.15, 0.2) is 30.0 Å². The molecule has 23 heavy (non-hydrogen) atoms. The van der Waals surface area contributed by atoms with Crippen LogP contribution in [0.4, 0.5) is 11.4 Å². The van der Waals surface area contributed by atoms with Gasteiger partial charge in [-0.05, 0) is 17.7 Å². The molecule has 7 heteroatoms. The van der Waals surface area contributed by atoms with Crippen molar-refractivity contribution in [2.24, 2.45) is 0 Å². The van der Waals surface area contributed by atoms with Crippen molar-refractivity contribution in [1.82, 2.24) is 0 Å². The number of esters is 2. The highest BCUT2D eigenvalue weighted by Crippen LogP contribution is 2.30. The summed E-state index contributed by atoms with van der Waals surface area (Å²) in [6.45, 7) is 2.97. The van der Waals surface area contributed by atoms with E-state index in [4.69, 9.17) is 9.47 Å². The Hall–Kier alpha value is -2.83. The molecule has 0 saturated carbocycles. The van der Waals surface area contributed by atoms with E-state index in [1.165, 1.54) is 20.0 Å². The molecule has 1 aromatic carbocycles. The third-order valence-corrected chi connectivity index (χ3v) is 3.66. The minimum Gasteiger partial charge on any atom is -0.419 e. The molecule has 0 bridgehead atoms. The zero-order valence-electron chi connectivity index (χ0n) is 13.0. The van der Waals surface area contributed by atoms with Crippen LogP contribution in [-0.4, -0.2) is 30.7 Å². The topological polar surface area (TPSA) is 84.9 Å². The SMILES string of the molecule is CN1C(=O)Cc2ccc(NC=C3C(=O)OC(C)(C)OC3=O)cc21. The highest BCUT2D eigenvalue weighted by molar-refractivity contribution is 6.15. The second kappa shape index (κ2) is 5.12. The zero-order chi connectivity index (χ0) is 16.8. The van der Waals surface area contributed by atoms with Crippen LogP contribution in [0.25, 0.3) is 0 Å². The molecule has 2 aliphatic rings. The Bertz CT molecular complexity index is 729. The van der Waals surface area contributed by atoms with Gasteiger partial charge >= 0.3 is 11.9 Å². The maximum absolute atomic E-state index is 11.8. The van der Waals surface area contributed by atoms with Crippen molar-refractivity contribution in [3.8, 4) is 0 Å². The van der Waals surface area contributed by atoms with Gasteiger partial charge < -0.3 is 19.7 Å². The first-order chi connectivity index (χ1) is 10.8. The van der Waals surface area contributed by atoms with Gasteiger partial charge in [-0.2, -0.15) is 0 Å². The second-order valence-electron chi connectivity index (χ2n) is 5.85. The van der Waals surface area contributed by atoms with Gasteiger partial charge in [-0.15, -0.1) is 0 Å². The molecule has 2 aliphatic heterocycles. The number of fused-ring (bicyclic) bond motifs is 1. The predicted molar refractivity (Wildman–Crippen MR) is 81.5 cm³/mol. The number of rotatable bonds is 2. The number of carbonyl (C=O) groups excluding carboxylic acids is 3. The fraction of sp³-hybridized carbons (Fsp3) is 0.312. The summed E-state index contributed by atoms with van der Waals surface area (Å²) in [5.74, 6) is -2.72. The number of carbonyl (C=O) groups is 3. The summed E-state index contributed by atoms with van der Waals surface area (Å²) in [6, 6.07) is 5.38. The van der Waals surface area contributed by atoms with E-state index in [9.17, 15) is 14.4 Å². The molecule has 1 N–H and O–H groups in total. The van der Waals surface area contributed by atoms with Crippen LogP contribution in [0.2, 0.25) is 0 Å². The summed E-state index contributed by atoms with van der Waals surface area (Å²) < 4.78 is 10.0. The molecular formula is C16H16N2O5. The number of ether oxygens (including phenoxy) is 2. The summed E-state index contributed by atoms with van der Waals surface area (Å²) >= 11 is 0. The third kappa shape index (κ3) is 2.77. The average molecular weight is 316 g/mol. The highest BCUT2D eigenvalue weighted by atomic mass is 16.7. The minimum atomic E-state index is -1.26. The van der Waals surface area contributed by atoms with Gasteiger partial charge in [0.15, 0.2) is 5.57 Å². The van der Waals surface area contributed by atoms with Crippen LogP contribution in [0.1, 0.15) is 19.4 Å². The lowest BCUT2D eigenvalue weighted by Gasteiger charge is -2.29. The molecule has 1 amide bonds. The quantitative estimate of drug-likeness (QED) is 0.503. The van der Waals surface area contributed by atoms with Crippen molar-refractivity contribution >= 4 is 29.2 Å². The first kappa shape index (κ1) is 15.1. The van der Waals surface area contributed by atoms with Crippen LogP contribution >= 0.6 is 0 Å². The Balaban J connectivity index is 1.80. The normalized spacial score (nSPS) is 19.2. The van der Waals surface area contributed by atoms with Crippen LogP contribution in [0.3, 0.4) is 0 Å². The van der Waals surface area contributed by atoms with Gasteiger partial charge in [-0.3, -0.25) is 4.79 Å². The summed E-state index contributed by atoms with van der Waals surface area (Å²) in [4.78, 5) is 36.9. The van der Waals surface area contributed by atoms with Gasteiger partial charge in [0.05, 0.1) is 6.42 Å². The fourth-order valence-electron chi connectivity index (χ4n) is 2.47. The molecule has 0 aliphatic carbocycles. The van der Waals surface area contributed by atoms with E-state index >= 15 is 0 Å². The molecule has 3 rings (SSSR count). The van der Waals surface area contributed by atoms with Gasteiger partial charge in [-0.1, -0.05) is 6.07 Å². The van der Waals surface area contributed by atoms with E-state index < -0.39 is 17.7 Å². The summed E-state index contributed by atoms with van der Waals surface area (Å²) in [5.41, 5.74) is 2.17. The lowest BCUT2D eigenvalue weighted by atomic mass is 10.1. The van der Waals surface area contributed by atoms with E-state index in [2.05, 4.69) is 5.32 Å². The smallest absolute Gasteiger partial charge is 0.350 e. The molecule has 2 heterocycles. The average Bonchev–Trinajstić information content (AvgIpc) is 2.72. The number of nitrogens with zero attached hydrogens (tertiary/aromatic N) is 1. The van der Waals surface area contributed by atoms with Crippen LogP contribution in [0, 0.1) is 0 Å². The molecule has 0 radical (unpaired) electrons. The van der Waals surface area contributed by atoms with Gasteiger partial charge in [-0.25, -0.2) is 9.59 Å². The summed E-state index contributed by atoms with van der Waals surface area (Å²) in [6.07, 6.45) is 1.62. The van der Waals surface area contributed by atoms with Crippen molar-refractivity contribution in [1.29, 1.82) is 0 Å². The molecule has 7 nitrogen and oxygen atoms in total. The highest BCUT2D eigenvalue weighted by Gasteiger charge is 2.39. The van der Waals surface area contributed by atoms with Crippen molar-refractivity contribution in [2.75, 3.05) is 17.3 Å². The number of cyclic esters (lactones) is 2. The van der Waals surface area contributed by atoms with Gasteiger partial charge in [0, 0.05) is 38.5 Å². The predicted octanol–water partition coefficient (Wildman–Crippen LogP) is 1.34. The molecule has 0 spiro atoms. The number of anilines is 2. The van der Waals surface area contributed by atoms with E-state index in [0.29, 0.717) is 12.1 Å². The Labute approximate surface area is 132 Å². The summed E-state index contributed by atoms with van der Waals surface area (Å²) in [7, 11) is 1.70. The molecule has 0 aromatic heterocycles. The first-order valence-electron chi connectivity index (χ1n) is 7.10. The number of likely N-dealkylation sites (N-methyl/N-ethyl adjacent to an activating group) is 1. The van der Waals surface area contributed by atoms with Crippen LogP contribution in [-0.2, 0) is 30.3 Å². The molecule has 1 fully saturated rings. The van der Waals surface area contributed by atoms with E-state index in [1.54, 1.807) is 24.1 Å². The Morgan fingerprint density at radius 2 is 1.83 bits per heavy atom. The number of nitrogens with one attached hydrogen (secondary N) is 1. The van der Waals surface area contributed by atoms with Gasteiger partial charge in [0.2, 0.25) is 5.91 Å². The molecule has 0 unspecified atom stereocenters. The van der Waals surface area contributed by atoms with E-state index in [-0.39, 0.29) is 11.5 Å². The molecule has 0 atom stereocenters. The maximum Gasteiger partial charge on any atom is 0.350 e. The third-order valence-electron chi connectivity index (χ3n) is 3.66. The Morgan fingerprint density at radius 1 is 1.17 bits per heavy atom. The lowest BCUT2D eigenvalue weighted by Crippen LogP contribution is -2.42. The van der Waals surface area contributed by atoms with Crippen LogP contribution < -0.4 is 10.2 Å². The second-order valence-corrected chi connectivity index (χ2v) is 5.85. The van der Waals surface area contributed by atoms with Crippen LogP contribution in [0.5, 0.6) is 0 Å². The molecular weight excluding hydrogens is 300 g/mol. The number of amides is 1. The van der Waals surface area contributed by atoms with Gasteiger partial charge in [0.25, 0.3) is 5.79 Å². The molecule has 1 aromatic rings. The zero-order valence-corrected chi connectivity index (χ0v) is 13.0. The lowest BCUT2D eigenvalue weighted by molar-refractivity contribution is -0.222. The fourth-order valence-corrected chi connectivity index (χ4v) is 2.47. The van der Waals surface area contributed by atoms with E-state index in [1.807, 2.05) is 6.07 Å². The largest absolute Gasteiger partial charge is 0.419 e. The van der Waals surface area contributed by atoms with Crippen molar-refractivity contribution in [2.45, 2.75) is 26.1 Å². The standard InChI is InChI=1S/C16H16N2O5/c1-16(2)22-14(20)11(15(21)23-16)8-17-10-5-4-9-6-13(19)18(3)12(9)7-10/h4-5,7-8,17H,6H2,1-3H3. The minimum absolute atomic E-state index is 0.0252. The number of benzene rings is 1. The summed E-state index contributed by atoms with van der Waals surface area (Å²) in [5, 5.41) is 2.87. The number of hydrogen-bond donors (Lipinski definition) is 1. The van der Waals surface area contributed by atoms with E-state index in [0.717, 1.165) is 11.3 Å². The first-order valence-corrected chi connectivity index (χ1v) is 7.10. The number of hydrogen-bond acceptors (Lipinski definition) is 6. The Kier molecular flexibility index (Phi) is 3.35. The molecule has 120 valence electrons. The molecule has 1 saturated heterocycles. The van der Waals surface area contributed by atoms with Gasteiger partial charge in [0.1, 0.15) is 0 Å².